The molecule has 0 unspecified atom stereocenters. The minimum absolute atomic E-state index is 0.309. The van der Waals surface area contributed by atoms with Gasteiger partial charge in [0.05, 0.1) is 16.9 Å². The second kappa shape index (κ2) is 4.81. The molecule has 0 aliphatic heterocycles. The lowest BCUT2D eigenvalue weighted by Gasteiger charge is -2.23. The predicted octanol–water partition coefficient (Wildman–Crippen LogP) is 1.37. The molecule has 0 bridgehead atoms. The van der Waals surface area contributed by atoms with E-state index in [4.69, 9.17) is 15.7 Å². The van der Waals surface area contributed by atoms with Crippen LogP contribution in [0.15, 0.2) is 12.3 Å². The SMILES string of the molecule is COC(C)(C)CNc1nccc(C#N)c1N. The Morgan fingerprint density at radius 1 is 1.62 bits per heavy atom. The summed E-state index contributed by atoms with van der Waals surface area (Å²) in [4.78, 5) is 4.08. The van der Waals surface area contributed by atoms with Gasteiger partial charge in [-0.25, -0.2) is 4.98 Å². The molecular formula is C11H16N4O. The van der Waals surface area contributed by atoms with E-state index in [0.717, 1.165) is 0 Å². The van der Waals surface area contributed by atoms with Crippen LogP contribution in [-0.2, 0) is 4.74 Å². The van der Waals surface area contributed by atoms with Crippen LogP contribution in [-0.4, -0.2) is 24.2 Å². The van der Waals surface area contributed by atoms with E-state index in [9.17, 15) is 0 Å². The fourth-order valence-corrected chi connectivity index (χ4v) is 1.08. The topological polar surface area (TPSA) is 84.0 Å². The number of nitrogens with one attached hydrogen (secondary N) is 1. The predicted molar refractivity (Wildman–Crippen MR) is 62.9 cm³/mol. The molecule has 1 rings (SSSR count). The van der Waals surface area contributed by atoms with E-state index in [2.05, 4.69) is 10.3 Å². The molecule has 1 aromatic heterocycles. The van der Waals surface area contributed by atoms with Gasteiger partial charge in [-0.2, -0.15) is 5.26 Å². The highest BCUT2D eigenvalue weighted by Crippen LogP contribution is 2.20. The average Bonchev–Trinajstić information content (AvgIpc) is 2.28. The normalized spacial score (nSPS) is 10.9. The van der Waals surface area contributed by atoms with Crippen molar-refractivity contribution < 1.29 is 4.74 Å². The van der Waals surface area contributed by atoms with Crippen LogP contribution in [0.3, 0.4) is 0 Å². The number of nitriles is 1. The Bertz CT molecular complexity index is 409. The maximum absolute atomic E-state index is 8.81. The molecule has 5 nitrogen and oxygen atoms in total. The molecule has 1 aromatic rings. The zero-order valence-corrected chi connectivity index (χ0v) is 9.74. The van der Waals surface area contributed by atoms with Gasteiger partial charge in [0.2, 0.25) is 0 Å². The Hall–Kier alpha value is -1.80. The monoisotopic (exact) mass is 220 g/mol. The third-order valence-corrected chi connectivity index (χ3v) is 2.34. The van der Waals surface area contributed by atoms with Gasteiger partial charge < -0.3 is 15.8 Å². The van der Waals surface area contributed by atoms with Gasteiger partial charge in [-0.05, 0) is 19.9 Å². The van der Waals surface area contributed by atoms with Crippen LogP contribution in [0.5, 0.6) is 0 Å². The van der Waals surface area contributed by atoms with Gasteiger partial charge in [-0.15, -0.1) is 0 Å². The zero-order valence-electron chi connectivity index (χ0n) is 9.74. The second-order valence-corrected chi connectivity index (χ2v) is 4.05. The van der Waals surface area contributed by atoms with Gasteiger partial charge in [-0.1, -0.05) is 0 Å². The fraction of sp³-hybridized carbons (Fsp3) is 0.455. The first-order valence-electron chi connectivity index (χ1n) is 4.94. The molecule has 0 saturated carbocycles. The van der Waals surface area contributed by atoms with Gasteiger partial charge in [0.25, 0.3) is 0 Å². The third-order valence-electron chi connectivity index (χ3n) is 2.34. The Morgan fingerprint density at radius 3 is 2.88 bits per heavy atom. The maximum atomic E-state index is 8.81. The number of pyridine rings is 1. The van der Waals surface area contributed by atoms with Crippen molar-refractivity contribution in [3.05, 3.63) is 17.8 Å². The number of aromatic nitrogens is 1. The minimum Gasteiger partial charge on any atom is -0.395 e. The van der Waals surface area contributed by atoms with Crippen LogP contribution < -0.4 is 11.1 Å². The number of anilines is 2. The third kappa shape index (κ3) is 2.84. The molecule has 16 heavy (non-hydrogen) atoms. The number of hydrogen-bond donors (Lipinski definition) is 2. The van der Waals surface area contributed by atoms with Gasteiger partial charge >= 0.3 is 0 Å². The van der Waals surface area contributed by atoms with Crippen LogP contribution in [0.1, 0.15) is 19.4 Å². The molecule has 1 heterocycles. The van der Waals surface area contributed by atoms with Crippen molar-refractivity contribution >= 4 is 11.5 Å². The summed E-state index contributed by atoms with van der Waals surface area (Å²) in [6, 6.07) is 3.60. The van der Waals surface area contributed by atoms with Crippen LogP contribution in [0.2, 0.25) is 0 Å². The van der Waals surface area contributed by atoms with Gasteiger partial charge in [0.15, 0.2) is 5.82 Å². The smallest absolute Gasteiger partial charge is 0.150 e. The van der Waals surface area contributed by atoms with Gasteiger partial charge in [0, 0.05) is 19.9 Å². The van der Waals surface area contributed by atoms with Crippen molar-refractivity contribution in [2.24, 2.45) is 0 Å². The van der Waals surface area contributed by atoms with E-state index in [1.165, 1.54) is 0 Å². The van der Waals surface area contributed by atoms with Crippen molar-refractivity contribution in [3.8, 4) is 6.07 Å². The Morgan fingerprint density at radius 2 is 2.31 bits per heavy atom. The lowest BCUT2D eigenvalue weighted by molar-refractivity contribution is 0.0343. The molecule has 0 radical (unpaired) electrons. The minimum atomic E-state index is -0.309. The fourth-order valence-electron chi connectivity index (χ4n) is 1.08. The maximum Gasteiger partial charge on any atom is 0.150 e. The number of methoxy groups -OCH3 is 1. The molecular weight excluding hydrogens is 204 g/mol. The molecule has 0 atom stereocenters. The van der Waals surface area contributed by atoms with Crippen LogP contribution in [0.4, 0.5) is 11.5 Å². The summed E-state index contributed by atoms with van der Waals surface area (Å²) in [6.45, 7) is 4.46. The Labute approximate surface area is 95.2 Å². The highest BCUT2D eigenvalue weighted by molar-refractivity contribution is 5.68. The lowest BCUT2D eigenvalue weighted by atomic mass is 10.1. The second-order valence-electron chi connectivity index (χ2n) is 4.05. The van der Waals surface area contributed by atoms with E-state index in [0.29, 0.717) is 23.6 Å². The van der Waals surface area contributed by atoms with Crippen molar-refractivity contribution in [1.29, 1.82) is 5.26 Å². The largest absolute Gasteiger partial charge is 0.395 e. The van der Waals surface area contributed by atoms with Crippen molar-refractivity contribution in [1.82, 2.24) is 4.98 Å². The van der Waals surface area contributed by atoms with Crippen LogP contribution >= 0.6 is 0 Å². The summed E-state index contributed by atoms with van der Waals surface area (Å²) in [5.74, 6) is 0.518. The molecule has 0 saturated heterocycles. The first kappa shape index (κ1) is 12.3. The Balaban J connectivity index is 2.80. The standard InChI is InChI=1S/C11H16N4O/c1-11(2,16-3)7-15-10-9(13)8(6-12)4-5-14-10/h4-5H,7,13H2,1-3H3,(H,14,15). The summed E-state index contributed by atoms with van der Waals surface area (Å²) in [5, 5.41) is 11.9. The molecule has 5 heteroatoms. The van der Waals surface area contributed by atoms with Crippen LogP contribution in [0.25, 0.3) is 0 Å². The van der Waals surface area contributed by atoms with E-state index < -0.39 is 0 Å². The zero-order chi connectivity index (χ0) is 12.2. The molecule has 0 aliphatic rings. The number of nitrogen functional groups attached to an aromatic ring is 1. The quantitative estimate of drug-likeness (QED) is 0.800. The summed E-state index contributed by atoms with van der Waals surface area (Å²) in [6.07, 6.45) is 1.55. The van der Waals surface area contributed by atoms with Crippen molar-refractivity contribution in [2.45, 2.75) is 19.4 Å². The van der Waals surface area contributed by atoms with Gasteiger partial charge in [-0.3, -0.25) is 0 Å². The number of nitrogens with zero attached hydrogens (tertiary/aromatic N) is 2. The number of ether oxygens (including phenoxy) is 1. The highest BCUT2D eigenvalue weighted by atomic mass is 16.5. The molecule has 0 spiro atoms. The summed E-state index contributed by atoms with van der Waals surface area (Å²) >= 11 is 0. The average molecular weight is 220 g/mol. The summed E-state index contributed by atoms with van der Waals surface area (Å²) in [7, 11) is 1.64. The van der Waals surface area contributed by atoms with Crippen molar-refractivity contribution in [3.63, 3.8) is 0 Å². The highest BCUT2D eigenvalue weighted by Gasteiger charge is 2.17. The summed E-state index contributed by atoms with van der Waals surface area (Å²) in [5.41, 5.74) is 6.26. The van der Waals surface area contributed by atoms with Crippen molar-refractivity contribution in [2.75, 3.05) is 24.7 Å². The molecule has 0 amide bonds. The molecule has 0 aliphatic carbocycles. The molecule has 0 aromatic carbocycles. The lowest BCUT2D eigenvalue weighted by Crippen LogP contribution is -2.32. The van der Waals surface area contributed by atoms with E-state index >= 15 is 0 Å². The van der Waals surface area contributed by atoms with E-state index in [1.54, 1.807) is 19.4 Å². The number of hydrogen-bond acceptors (Lipinski definition) is 5. The van der Waals surface area contributed by atoms with E-state index in [-0.39, 0.29) is 5.60 Å². The van der Waals surface area contributed by atoms with Gasteiger partial charge in [0.1, 0.15) is 6.07 Å². The molecule has 3 N–H and O–H groups in total. The van der Waals surface area contributed by atoms with E-state index in [1.807, 2.05) is 19.9 Å². The first-order chi connectivity index (χ1) is 7.50. The number of rotatable bonds is 4. The summed E-state index contributed by atoms with van der Waals surface area (Å²) < 4.78 is 5.26. The Kier molecular flexibility index (Phi) is 3.69. The molecule has 0 fully saturated rings. The number of nitrogens with two attached hydrogens (primary N) is 1. The van der Waals surface area contributed by atoms with Crippen LogP contribution in [0, 0.1) is 11.3 Å². The molecule has 86 valence electrons. The first-order valence-corrected chi connectivity index (χ1v) is 4.94.